The average molecular weight is 260 g/mol. The third kappa shape index (κ3) is 1.23. The predicted octanol–water partition coefficient (Wildman–Crippen LogP) is 5.30. The van der Waals surface area contributed by atoms with E-state index in [4.69, 9.17) is 4.42 Å². The fourth-order valence-corrected chi connectivity index (χ4v) is 3.85. The molecule has 1 unspecified atom stereocenters. The maximum absolute atomic E-state index is 6.21. The molecular formula is C19H16O. The Morgan fingerprint density at radius 2 is 1.75 bits per heavy atom. The largest absolute Gasteiger partial charge is 0.456 e. The summed E-state index contributed by atoms with van der Waals surface area (Å²) in [5, 5.41) is 1.33. The van der Waals surface area contributed by atoms with Gasteiger partial charge in [0, 0.05) is 16.5 Å². The van der Waals surface area contributed by atoms with Crippen LogP contribution in [0.2, 0.25) is 0 Å². The van der Waals surface area contributed by atoms with Crippen LogP contribution in [0.4, 0.5) is 0 Å². The fraction of sp³-hybridized carbons (Fsp3) is 0.263. The van der Waals surface area contributed by atoms with Crippen molar-refractivity contribution in [2.24, 2.45) is 0 Å². The SMILES string of the molecule is Cc1ccc2c(c1)[C@@H]1CC1c1c-2oc2ccc(C)cc12. The number of hydrogen-bond acceptors (Lipinski definition) is 1. The molecule has 0 N–H and O–H groups in total. The fourth-order valence-electron chi connectivity index (χ4n) is 3.85. The topological polar surface area (TPSA) is 13.1 Å². The van der Waals surface area contributed by atoms with Gasteiger partial charge in [0.2, 0.25) is 0 Å². The molecule has 0 spiro atoms. The van der Waals surface area contributed by atoms with Crippen LogP contribution in [-0.4, -0.2) is 0 Å². The maximum Gasteiger partial charge on any atom is 0.139 e. The summed E-state index contributed by atoms with van der Waals surface area (Å²) in [5.41, 5.74) is 7.99. The van der Waals surface area contributed by atoms with Gasteiger partial charge in [-0.1, -0.05) is 35.4 Å². The number of hydrogen-bond donors (Lipinski definition) is 0. The normalized spacial score (nSPS) is 22.3. The van der Waals surface area contributed by atoms with Crippen molar-refractivity contribution < 1.29 is 4.42 Å². The molecule has 2 aliphatic rings. The Balaban J connectivity index is 1.90. The lowest BCUT2D eigenvalue weighted by atomic mass is 9.88. The molecule has 0 amide bonds. The van der Waals surface area contributed by atoms with E-state index in [1.807, 2.05) is 0 Å². The highest BCUT2D eigenvalue weighted by molar-refractivity contribution is 5.92. The highest BCUT2D eigenvalue weighted by Gasteiger charge is 2.48. The molecule has 0 bridgehead atoms. The first-order valence-electron chi connectivity index (χ1n) is 7.36. The summed E-state index contributed by atoms with van der Waals surface area (Å²) in [5.74, 6) is 2.53. The number of rotatable bonds is 0. The molecule has 1 heterocycles. The zero-order chi connectivity index (χ0) is 13.4. The van der Waals surface area contributed by atoms with Crippen molar-refractivity contribution in [2.75, 3.05) is 0 Å². The van der Waals surface area contributed by atoms with Gasteiger partial charge in [0.1, 0.15) is 11.3 Å². The van der Waals surface area contributed by atoms with E-state index >= 15 is 0 Å². The van der Waals surface area contributed by atoms with E-state index < -0.39 is 0 Å². The van der Waals surface area contributed by atoms with Gasteiger partial charge in [0.25, 0.3) is 0 Å². The van der Waals surface area contributed by atoms with Crippen LogP contribution in [0, 0.1) is 13.8 Å². The van der Waals surface area contributed by atoms with Crippen LogP contribution >= 0.6 is 0 Å². The molecule has 3 aromatic rings. The van der Waals surface area contributed by atoms with Gasteiger partial charge in [-0.2, -0.15) is 0 Å². The number of fused-ring (bicyclic) bond motifs is 8. The van der Waals surface area contributed by atoms with E-state index in [0.29, 0.717) is 5.92 Å². The monoisotopic (exact) mass is 260 g/mol. The van der Waals surface area contributed by atoms with Crippen molar-refractivity contribution in [1.29, 1.82) is 0 Å². The third-order valence-electron chi connectivity index (χ3n) is 4.89. The summed E-state index contributed by atoms with van der Waals surface area (Å²) < 4.78 is 6.21. The van der Waals surface area contributed by atoms with Gasteiger partial charge in [-0.3, -0.25) is 0 Å². The molecule has 98 valence electrons. The second-order valence-electron chi connectivity index (χ2n) is 6.38. The van der Waals surface area contributed by atoms with Crippen LogP contribution in [0.25, 0.3) is 22.3 Å². The first-order chi connectivity index (χ1) is 9.72. The summed E-state index contributed by atoms with van der Waals surface area (Å²) in [7, 11) is 0. The molecule has 0 radical (unpaired) electrons. The van der Waals surface area contributed by atoms with Gasteiger partial charge in [0.15, 0.2) is 0 Å². The number of benzene rings is 2. The summed E-state index contributed by atoms with van der Waals surface area (Å²) in [6.45, 7) is 4.33. The Labute approximate surface area is 118 Å². The van der Waals surface area contributed by atoms with Crippen LogP contribution in [0.5, 0.6) is 0 Å². The van der Waals surface area contributed by atoms with Crippen molar-refractivity contribution in [3.05, 3.63) is 58.7 Å². The van der Waals surface area contributed by atoms with Crippen LogP contribution in [-0.2, 0) is 0 Å². The average Bonchev–Trinajstić information content (AvgIpc) is 3.14. The summed E-state index contributed by atoms with van der Waals surface area (Å²) >= 11 is 0. The molecule has 1 saturated carbocycles. The molecule has 5 rings (SSSR count). The molecule has 1 fully saturated rings. The lowest BCUT2D eigenvalue weighted by Gasteiger charge is -2.15. The smallest absolute Gasteiger partial charge is 0.139 e. The van der Waals surface area contributed by atoms with Crippen molar-refractivity contribution in [1.82, 2.24) is 0 Å². The molecule has 1 heteroatoms. The lowest BCUT2D eigenvalue weighted by Crippen LogP contribution is -1.97. The van der Waals surface area contributed by atoms with Crippen LogP contribution in [0.15, 0.2) is 40.8 Å². The zero-order valence-corrected chi connectivity index (χ0v) is 11.7. The van der Waals surface area contributed by atoms with Gasteiger partial charge in [-0.25, -0.2) is 0 Å². The molecular weight excluding hydrogens is 244 g/mol. The molecule has 2 aliphatic carbocycles. The van der Waals surface area contributed by atoms with Gasteiger partial charge in [-0.05, 0) is 49.8 Å². The third-order valence-corrected chi connectivity index (χ3v) is 4.89. The molecule has 2 aromatic carbocycles. The molecule has 0 saturated heterocycles. The molecule has 20 heavy (non-hydrogen) atoms. The van der Waals surface area contributed by atoms with E-state index in [0.717, 1.165) is 17.3 Å². The summed E-state index contributed by atoms with van der Waals surface area (Å²) in [6.07, 6.45) is 1.28. The Morgan fingerprint density at radius 3 is 2.65 bits per heavy atom. The minimum atomic E-state index is 0.683. The predicted molar refractivity (Wildman–Crippen MR) is 81.2 cm³/mol. The summed E-state index contributed by atoms with van der Waals surface area (Å²) in [4.78, 5) is 0. The van der Waals surface area contributed by atoms with Gasteiger partial charge >= 0.3 is 0 Å². The first-order valence-corrected chi connectivity index (χ1v) is 7.36. The van der Waals surface area contributed by atoms with Gasteiger partial charge in [-0.15, -0.1) is 0 Å². The Bertz CT molecular complexity index is 869. The van der Waals surface area contributed by atoms with Crippen LogP contribution < -0.4 is 0 Å². The van der Waals surface area contributed by atoms with Crippen molar-refractivity contribution in [2.45, 2.75) is 32.1 Å². The standard InChI is InChI=1S/C19H16O/c1-10-3-5-12-13(7-10)14-9-15(14)18-16-8-11(2)4-6-17(16)20-19(12)18/h3-8,14-15H,9H2,1-2H3/t14-,15?/m0/s1. The minimum Gasteiger partial charge on any atom is -0.456 e. The van der Waals surface area contributed by atoms with E-state index in [2.05, 4.69) is 50.2 Å². The first kappa shape index (κ1) is 10.7. The van der Waals surface area contributed by atoms with Crippen molar-refractivity contribution >= 4 is 11.0 Å². The summed E-state index contributed by atoms with van der Waals surface area (Å²) in [6, 6.07) is 13.3. The quantitative estimate of drug-likeness (QED) is 0.534. The van der Waals surface area contributed by atoms with E-state index in [1.165, 1.54) is 39.6 Å². The van der Waals surface area contributed by atoms with Gasteiger partial charge in [0.05, 0.1) is 0 Å². The second kappa shape index (κ2) is 3.35. The maximum atomic E-state index is 6.21. The van der Waals surface area contributed by atoms with Crippen LogP contribution in [0.3, 0.4) is 0 Å². The van der Waals surface area contributed by atoms with Crippen molar-refractivity contribution in [3.63, 3.8) is 0 Å². The minimum absolute atomic E-state index is 0.683. The zero-order valence-electron chi connectivity index (χ0n) is 11.7. The molecule has 2 atom stereocenters. The molecule has 0 aliphatic heterocycles. The highest BCUT2D eigenvalue weighted by atomic mass is 16.3. The number of aryl methyl sites for hydroxylation is 2. The Morgan fingerprint density at radius 1 is 0.950 bits per heavy atom. The van der Waals surface area contributed by atoms with Gasteiger partial charge < -0.3 is 4.42 Å². The molecule has 1 aromatic heterocycles. The Kier molecular flexibility index (Phi) is 1.80. The Hall–Kier alpha value is -2.02. The highest BCUT2D eigenvalue weighted by Crippen LogP contribution is 2.64. The number of furan rings is 1. The van der Waals surface area contributed by atoms with Crippen LogP contribution in [0.1, 0.15) is 40.5 Å². The van der Waals surface area contributed by atoms with Crippen molar-refractivity contribution in [3.8, 4) is 11.3 Å². The molecule has 1 nitrogen and oxygen atoms in total. The lowest BCUT2D eigenvalue weighted by molar-refractivity contribution is 0.623. The van der Waals surface area contributed by atoms with E-state index in [9.17, 15) is 0 Å². The van der Waals surface area contributed by atoms with E-state index in [1.54, 1.807) is 0 Å². The van der Waals surface area contributed by atoms with E-state index in [-0.39, 0.29) is 0 Å². The second-order valence-corrected chi connectivity index (χ2v) is 6.38.